The fourth-order valence-corrected chi connectivity index (χ4v) is 2.72. The summed E-state index contributed by atoms with van der Waals surface area (Å²) in [7, 11) is -3.87. The second kappa shape index (κ2) is 8.18. The minimum Gasteiger partial charge on any atom is -0.399 e. The van der Waals surface area contributed by atoms with Crippen molar-refractivity contribution in [1.29, 1.82) is 0 Å². The molecule has 0 heterocycles. The van der Waals surface area contributed by atoms with E-state index in [1.807, 2.05) is 0 Å². The molecule has 114 valence electrons. The van der Waals surface area contributed by atoms with Crippen molar-refractivity contribution in [2.24, 2.45) is 0 Å². The molecule has 7 heteroatoms. The highest BCUT2D eigenvalue weighted by Crippen LogP contribution is 2.17. The second-order valence-electron chi connectivity index (χ2n) is 4.41. The van der Waals surface area contributed by atoms with Gasteiger partial charge in [-0.05, 0) is 31.0 Å². The molecule has 0 aromatic heterocycles. The van der Waals surface area contributed by atoms with Gasteiger partial charge in [-0.3, -0.25) is 0 Å². The Morgan fingerprint density at radius 1 is 1.30 bits per heavy atom. The zero-order valence-corrected chi connectivity index (χ0v) is 12.4. The first kappa shape index (κ1) is 16.9. The molecule has 0 saturated carbocycles. The largest absolute Gasteiger partial charge is 0.399 e. The van der Waals surface area contributed by atoms with Crippen molar-refractivity contribution in [2.75, 3.05) is 25.5 Å². The van der Waals surface area contributed by atoms with Crippen LogP contribution in [-0.4, -0.2) is 28.2 Å². The standard InChI is InChI=1S/C13H21FN2O3S/c1-2-3-8-19-9-4-7-16-20(17,18)13-10-11(15)5-6-12(13)14/h5-6,10,16H,2-4,7-9,15H2,1H3. The summed E-state index contributed by atoms with van der Waals surface area (Å²) >= 11 is 0. The smallest absolute Gasteiger partial charge is 0.243 e. The number of sulfonamides is 1. The maximum atomic E-state index is 13.5. The molecule has 0 bridgehead atoms. The van der Waals surface area contributed by atoms with E-state index in [0.29, 0.717) is 19.6 Å². The molecule has 5 nitrogen and oxygen atoms in total. The third kappa shape index (κ3) is 5.44. The molecule has 0 fully saturated rings. The molecule has 0 spiro atoms. The summed E-state index contributed by atoms with van der Waals surface area (Å²) in [5.74, 6) is -0.814. The number of halogens is 1. The highest BCUT2D eigenvalue weighted by molar-refractivity contribution is 7.89. The Bertz CT molecular complexity index is 520. The van der Waals surface area contributed by atoms with Gasteiger partial charge in [-0.15, -0.1) is 0 Å². The SMILES string of the molecule is CCCCOCCCNS(=O)(=O)c1cc(N)ccc1F. The molecule has 0 saturated heterocycles. The van der Waals surface area contributed by atoms with E-state index < -0.39 is 20.7 Å². The van der Waals surface area contributed by atoms with E-state index in [4.69, 9.17) is 10.5 Å². The van der Waals surface area contributed by atoms with Gasteiger partial charge < -0.3 is 10.5 Å². The predicted molar refractivity (Wildman–Crippen MR) is 76.3 cm³/mol. The molecule has 1 aromatic rings. The van der Waals surface area contributed by atoms with Crippen molar-refractivity contribution < 1.29 is 17.5 Å². The van der Waals surface area contributed by atoms with E-state index in [1.54, 1.807) is 0 Å². The fraction of sp³-hybridized carbons (Fsp3) is 0.538. The highest BCUT2D eigenvalue weighted by Gasteiger charge is 2.18. The zero-order chi connectivity index (χ0) is 15.0. The third-order valence-corrected chi connectivity index (χ3v) is 4.12. The molecule has 20 heavy (non-hydrogen) atoms. The molecule has 0 aliphatic carbocycles. The van der Waals surface area contributed by atoms with Gasteiger partial charge >= 0.3 is 0 Å². The average molecular weight is 304 g/mol. The molecule has 0 aliphatic rings. The van der Waals surface area contributed by atoms with Gasteiger partial charge in [-0.1, -0.05) is 13.3 Å². The van der Waals surface area contributed by atoms with Crippen LogP contribution in [0.3, 0.4) is 0 Å². The first-order valence-electron chi connectivity index (χ1n) is 6.60. The lowest BCUT2D eigenvalue weighted by Gasteiger charge is -2.08. The van der Waals surface area contributed by atoms with E-state index in [1.165, 1.54) is 6.07 Å². The Labute approximate surface area is 119 Å². The van der Waals surface area contributed by atoms with Crippen LogP contribution in [0.5, 0.6) is 0 Å². The van der Waals surface area contributed by atoms with Crippen LogP contribution in [0.4, 0.5) is 10.1 Å². The van der Waals surface area contributed by atoms with E-state index >= 15 is 0 Å². The summed E-state index contributed by atoms with van der Waals surface area (Å²) in [4.78, 5) is -0.426. The minimum atomic E-state index is -3.87. The van der Waals surface area contributed by atoms with Crippen LogP contribution in [-0.2, 0) is 14.8 Å². The summed E-state index contributed by atoms with van der Waals surface area (Å²) in [6.45, 7) is 3.41. The zero-order valence-electron chi connectivity index (χ0n) is 11.6. The van der Waals surface area contributed by atoms with Crippen molar-refractivity contribution >= 4 is 15.7 Å². The number of hydrogen-bond donors (Lipinski definition) is 2. The van der Waals surface area contributed by atoms with Crippen LogP contribution in [0.15, 0.2) is 23.1 Å². The number of nitrogen functional groups attached to an aromatic ring is 1. The van der Waals surface area contributed by atoms with Crippen LogP contribution in [0.25, 0.3) is 0 Å². The quantitative estimate of drug-likeness (QED) is 0.539. The van der Waals surface area contributed by atoms with Crippen molar-refractivity contribution in [3.05, 3.63) is 24.0 Å². The Kier molecular flexibility index (Phi) is 6.90. The summed E-state index contributed by atoms with van der Waals surface area (Å²) in [6.07, 6.45) is 2.58. The van der Waals surface area contributed by atoms with Gasteiger partial charge in [0.25, 0.3) is 0 Å². The lowest BCUT2D eigenvalue weighted by atomic mass is 10.3. The van der Waals surface area contributed by atoms with Gasteiger partial charge in [0.05, 0.1) is 0 Å². The van der Waals surface area contributed by atoms with E-state index in [-0.39, 0.29) is 12.2 Å². The van der Waals surface area contributed by atoms with E-state index in [0.717, 1.165) is 25.0 Å². The summed E-state index contributed by atoms with van der Waals surface area (Å²) < 4.78 is 44.9. The second-order valence-corrected chi connectivity index (χ2v) is 6.14. The maximum absolute atomic E-state index is 13.5. The predicted octanol–water partition coefficient (Wildman–Crippen LogP) is 1.89. The number of anilines is 1. The molecular formula is C13H21FN2O3S. The lowest BCUT2D eigenvalue weighted by Crippen LogP contribution is -2.26. The Balaban J connectivity index is 2.44. The molecule has 0 unspecified atom stereocenters. The minimum absolute atomic E-state index is 0.197. The van der Waals surface area contributed by atoms with E-state index in [9.17, 15) is 12.8 Å². The highest BCUT2D eigenvalue weighted by atomic mass is 32.2. The number of rotatable bonds is 9. The summed E-state index contributed by atoms with van der Waals surface area (Å²) in [5.41, 5.74) is 5.67. The van der Waals surface area contributed by atoms with Crippen LogP contribution in [0, 0.1) is 5.82 Å². The number of nitrogens with two attached hydrogens (primary N) is 1. The number of ether oxygens (including phenoxy) is 1. The molecule has 1 aromatic carbocycles. The molecule has 1 rings (SSSR count). The molecule has 3 N–H and O–H groups in total. The summed E-state index contributed by atoms with van der Waals surface area (Å²) in [6, 6.07) is 3.46. The molecule has 0 radical (unpaired) electrons. The third-order valence-electron chi connectivity index (χ3n) is 2.64. The lowest BCUT2D eigenvalue weighted by molar-refractivity contribution is 0.130. The number of unbranched alkanes of at least 4 members (excludes halogenated alkanes) is 1. The van der Waals surface area contributed by atoms with Crippen LogP contribution < -0.4 is 10.5 Å². The van der Waals surface area contributed by atoms with Crippen molar-refractivity contribution in [3.8, 4) is 0 Å². The van der Waals surface area contributed by atoms with Crippen molar-refractivity contribution in [3.63, 3.8) is 0 Å². The van der Waals surface area contributed by atoms with Crippen molar-refractivity contribution in [2.45, 2.75) is 31.1 Å². The molecule has 0 atom stereocenters. The first-order chi connectivity index (χ1) is 9.47. The first-order valence-corrected chi connectivity index (χ1v) is 8.08. The number of hydrogen-bond acceptors (Lipinski definition) is 4. The van der Waals surface area contributed by atoms with Gasteiger partial charge in [-0.25, -0.2) is 17.5 Å². The topological polar surface area (TPSA) is 81.4 Å². The Morgan fingerprint density at radius 2 is 2.00 bits per heavy atom. The van der Waals surface area contributed by atoms with Gasteiger partial charge in [0.15, 0.2) is 0 Å². The van der Waals surface area contributed by atoms with Gasteiger partial charge in [-0.2, -0.15) is 0 Å². The van der Waals surface area contributed by atoms with Gasteiger partial charge in [0.1, 0.15) is 10.7 Å². The maximum Gasteiger partial charge on any atom is 0.243 e. The number of nitrogens with one attached hydrogen (secondary N) is 1. The van der Waals surface area contributed by atoms with Gasteiger partial charge in [0, 0.05) is 25.4 Å². The number of benzene rings is 1. The fourth-order valence-electron chi connectivity index (χ4n) is 1.53. The monoisotopic (exact) mass is 304 g/mol. The molecule has 0 aliphatic heterocycles. The van der Waals surface area contributed by atoms with Crippen molar-refractivity contribution in [1.82, 2.24) is 4.72 Å². The average Bonchev–Trinajstić information content (AvgIpc) is 2.40. The van der Waals surface area contributed by atoms with E-state index in [2.05, 4.69) is 11.6 Å². The van der Waals surface area contributed by atoms with Crippen LogP contribution in [0.1, 0.15) is 26.2 Å². The Morgan fingerprint density at radius 3 is 2.70 bits per heavy atom. The van der Waals surface area contributed by atoms with Crippen LogP contribution >= 0.6 is 0 Å². The normalized spacial score (nSPS) is 11.7. The molecular weight excluding hydrogens is 283 g/mol. The summed E-state index contributed by atoms with van der Waals surface area (Å²) in [5, 5.41) is 0. The van der Waals surface area contributed by atoms with Crippen LogP contribution in [0.2, 0.25) is 0 Å². The van der Waals surface area contributed by atoms with Gasteiger partial charge in [0.2, 0.25) is 10.0 Å². The Hall–Kier alpha value is -1.18. The molecule has 0 amide bonds.